The monoisotopic (exact) mass is 1350 g/mol. The highest BCUT2D eigenvalue weighted by atomic mass is 16.6. The molecular formula is C83H121N3O12. The normalized spacial score (nSPS) is 18.2. The fourth-order valence-corrected chi connectivity index (χ4v) is 11.6. The molecule has 0 bridgehead atoms. The molecule has 0 radical (unpaired) electrons. The molecule has 3 N–H and O–H groups in total. The van der Waals surface area contributed by atoms with Crippen molar-refractivity contribution in [3.05, 3.63) is 144 Å². The van der Waals surface area contributed by atoms with E-state index in [1.165, 1.54) is 127 Å². The van der Waals surface area contributed by atoms with Crippen molar-refractivity contribution in [2.45, 2.75) is 283 Å². The lowest BCUT2D eigenvalue weighted by Gasteiger charge is -2.28. The quantitative estimate of drug-likeness (QED) is 0.0211. The van der Waals surface area contributed by atoms with Crippen molar-refractivity contribution in [1.82, 2.24) is 16.0 Å². The lowest BCUT2D eigenvalue weighted by atomic mass is 9.92. The first-order chi connectivity index (χ1) is 47.4. The van der Waals surface area contributed by atoms with Gasteiger partial charge in [-0.15, -0.1) is 0 Å². The molecule has 0 unspecified atom stereocenters. The van der Waals surface area contributed by atoms with Crippen molar-refractivity contribution in [2.24, 2.45) is 0 Å². The predicted octanol–water partition coefficient (Wildman–Crippen LogP) is 18.7. The number of nitrogens with one attached hydrogen (secondary N) is 3. The third-order valence-electron chi connectivity index (χ3n) is 17.7. The zero-order valence-electron chi connectivity index (χ0n) is 60.6. The van der Waals surface area contributed by atoms with Crippen molar-refractivity contribution in [3.8, 4) is 17.2 Å². The van der Waals surface area contributed by atoms with E-state index in [4.69, 9.17) is 28.4 Å². The minimum absolute atomic E-state index is 0.0942. The maximum atomic E-state index is 12.2. The third-order valence-corrected chi connectivity index (χ3v) is 17.7. The van der Waals surface area contributed by atoms with Crippen molar-refractivity contribution in [3.63, 3.8) is 0 Å². The van der Waals surface area contributed by atoms with Gasteiger partial charge in [-0.2, -0.15) is 0 Å². The summed E-state index contributed by atoms with van der Waals surface area (Å²) in [6.07, 6.45) is 44.1. The van der Waals surface area contributed by atoms with E-state index in [-0.39, 0.29) is 72.1 Å². The van der Waals surface area contributed by atoms with Crippen LogP contribution in [0.2, 0.25) is 0 Å². The predicted molar refractivity (Wildman–Crippen MR) is 398 cm³/mol. The first kappa shape index (κ1) is 82.7. The van der Waals surface area contributed by atoms with Gasteiger partial charge in [-0.05, 0) is 188 Å². The molecule has 3 aliphatic rings. The minimum Gasteiger partial charge on any atom is -0.494 e. The molecule has 3 saturated carbocycles. The summed E-state index contributed by atoms with van der Waals surface area (Å²) in [5.41, 5.74) is 4.34. The number of amides is 3. The molecule has 0 aliphatic heterocycles. The number of benzene rings is 3. The molecule has 0 heterocycles. The van der Waals surface area contributed by atoms with Crippen LogP contribution in [-0.2, 0) is 43.0 Å². The van der Waals surface area contributed by atoms with Gasteiger partial charge in [-0.25, -0.2) is 14.4 Å². The topological polar surface area (TPSA) is 194 Å². The van der Waals surface area contributed by atoms with Gasteiger partial charge in [0.1, 0.15) is 35.6 Å². The third kappa shape index (κ3) is 38.5. The second kappa shape index (κ2) is 50.6. The summed E-state index contributed by atoms with van der Waals surface area (Å²) >= 11 is 0. The standard InChI is InChI=1S/C29H43NO4.C28H41NO4.C26H37NO4/c1-4-5-6-7-8-9-10-11-22-33-26-17-12-24(13-18-26)14-21-28(31)34-27-19-15-25(16-20-27)30-29(32)23(2)3;1-4-5-6-7-8-9-10-21-32-25-16-11-23(12-17-25)13-20-27(30)33-26-18-14-24(15-19-26)29-28(31)22(2)3;1-4-5-6-7-8-19-30-23-14-9-21(10-15-23)11-18-25(28)31-24-16-12-22(13-17-24)27-26(29)20(2)3/h12-14,17-18,21,25,27H,2,4-11,15-16,19-20,22H2,1,3H3,(H,30,32);11-13,16-17,20,24,26H,2,4-10,14-15,18-19,21H2,1,3H3,(H,29,31);9-11,14-15,18,22,24H,2,4-8,12-13,16-17,19H2,1,3H3,(H,27,29)/b21-14+;20-13+;18-11+. The van der Waals surface area contributed by atoms with Crippen LogP contribution in [0, 0.1) is 0 Å². The van der Waals surface area contributed by atoms with Gasteiger partial charge in [0, 0.05) is 53.1 Å². The molecule has 3 aromatic rings. The van der Waals surface area contributed by atoms with Crippen LogP contribution in [0.15, 0.2) is 127 Å². The van der Waals surface area contributed by atoms with Crippen molar-refractivity contribution >= 4 is 53.9 Å². The molecule has 3 amide bonds. The summed E-state index contributed by atoms with van der Waals surface area (Å²) in [7, 11) is 0. The summed E-state index contributed by atoms with van der Waals surface area (Å²) in [5.74, 6) is 1.27. The second-order valence-electron chi connectivity index (χ2n) is 26.8. The first-order valence-corrected chi connectivity index (χ1v) is 37.2. The van der Waals surface area contributed by atoms with Gasteiger partial charge in [-0.1, -0.05) is 186 Å². The van der Waals surface area contributed by atoms with Crippen LogP contribution in [0.3, 0.4) is 0 Å². The average Bonchev–Trinajstić information content (AvgIpc) is 1.28. The number of hydrogen-bond acceptors (Lipinski definition) is 12. The number of esters is 3. The summed E-state index contributed by atoms with van der Waals surface area (Å²) < 4.78 is 34.1. The highest BCUT2D eigenvalue weighted by Crippen LogP contribution is 2.26. The number of unbranched alkanes of at least 4 members (excludes halogenated alkanes) is 17. The Morgan fingerprint density at radius 3 is 0.765 bits per heavy atom. The van der Waals surface area contributed by atoms with E-state index in [1.807, 2.05) is 72.8 Å². The molecule has 15 heteroatoms. The van der Waals surface area contributed by atoms with E-state index in [0.717, 1.165) is 150 Å². The molecule has 540 valence electrons. The number of carbonyl (C=O) groups excluding carboxylic acids is 6. The largest absolute Gasteiger partial charge is 0.494 e. The van der Waals surface area contributed by atoms with Crippen LogP contribution >= 0.6 is 0 Å². The van der Waals surface area contributed by atoms with Gasteiger partial charge >= 0.3 is 17.9 Å². The molecule has 98 heavy (non-hydrogen) atoms. The van der Waals surface area contributed by atoms with Crippen LogP contribution in [0.4, 0.5) is 0 Å². The Morgan fingerprint density at radius 2 is 0.551 bits per heavy atom. The first-order valence-electron chi connectivity index (χ1n) is 37.2. The minimum atomic E-state index is -0.332. The van der Waals surface area contributed by atoms with Gasteiger partial charge < -0.3 is 44.4 Å². The lowest BCUT2D eigenvalue weighted by molar-refractivity contribution is -0.145. The Kier molecular flexibility index (Phi) is 42.7. The smallest absolute Gasteiger partial charge is 0.331 e. The van der Waals surface area contributed by atoms with Gasteiger partial charge in [0.05, 0.1) is 19.8 Å². The number of ether oxygens (including phenoxy) is 6. The zero-order chi connectivity index (χ0) is 71.0. The molecule has 0 saturated heterocycles. The molecule has 15 nitrogen and oxygen atoms in total. The highest BCUT2D eigenvalue weighted by molar-refractivity contribution is 5.93. The molecule has 3 aromatic carbocycles. The molecule has 0 atom stereocenters. The van der Waals surface area contributed by atoms with E-state index < -0.39 is 0 Å². The number of hydrogen-bond donors (Lipinski definition) is 3. The van der Waals surface area contributed by atoms with E-state index in [9.17, 15) is 28.8 Å². The maximum absolute atomic E-state index is 12.2. The number of carbonyl (C=O) groups is 6. The fraction of sp³-hybridized carbons (Fsp3) is 0.566. The number of rotatable bonds is 41. The summed E-state index contributed by atoms with van der Waals surface area (Å²) in [4.78, 5) is 71.6. The molecule has 0 aromatic heterocycles. The van der Waals surface area contributed by atoms with Crippen molar-refractivity contribution in [2.75, 3.05) is 19.8 Å². The van der Waals surface area contributed by atoms with Gasteiger partial charge in [0.25, 0.3) is 0 Å². The van der Waals surface area contributed by atoms with Crippen LogP contribution < -0.4 is 30.2 Å². The Balaban J connectivity index is 0.000000313. The van der Waals surface area contributed by atoms with Crippen LogP contribution in [-0.4, -0.2) is 91.9 Å². The SMILES string of the molecule is C=C(C)C(=O)NC1CCC(OC(=O)/C=C/c2ccc(OCCCCCCC)cc2)CC1.C=C(C)C(=O)NC1CCC(OC(=O)/C=C/c2ccc(OCCCCCCCCC)cc2)CC1.C=C(C)C(=O)NC1CCC(OC(=O)/C=C/c2ccc(OCCCCCCCCCC)cc2)CC1. The summed E-state index contributed by atoms with van der Waals surface area (Å²) in [6, 6.07) is 23.7. The van der Waals surface area contributed by atoms with Crippen LogP contribution in [0.25, 0.3) is 18.2 Å². The van der Waals surface area contributed by atoms with Gasteiger partial charge in [0.15, 0.2) is 0 Å². The van der Waals surface area contributed by atoms with E-state index in [2.05, 4.69) is 56.5 Å². The van der Waals surface area contributed by atoms with Crippen LogP contribution in [0.1, 0.15) is 264 Å². The van der Waals surface area contributed by atoms with Crippen molar-refractivity contribution < 1.29 is 57.2 Å². The van der Waals surface area contributed by atoms with E-state index in [1.54, 1.807) is 39.0 Å². The lowest BCUT2D eigenvalue weighted by Crippen LogP contribution is -2.39. The summed E-state index contributed by atoms with van der Waals surface area (Å²) in [5, 5.41) is 8.90. The van der Waals surface area contributed by atoms with E-state index in [0.29, 0.717) is 16.7 Å². The second-order valence-corrected chi connectivity index (χ2v) is 26.8. The van der Waals surface area contributed by atoms with Gasteiger partial charge in [-0.3, -0.25) is 14.4 Å². The van der Waals surface area contributed by atoms with Crippen molar-refractivity contribution in [1.29, 1.82) is 0 Å². The van der Waals surface area contributed by atoms with Gasteiger partial charge in [0.2, 0.25) is 17.7 Å². The highest BCUT2D eigenvalue weighted by Gasteiger charge is 2.27. The molecular weight excluding hydrogens is 1230 g/mol. The molecule has 6 rings (SSSR count). The molecule has 3 aliphatic carbocycles. The summed E-state index contributed by atoms with van der Waals surface area (Å²) in [6.45, 7) is 25.0. The Morgan fingerprint density at radius 1 is 0.337 bits per heavy atom. The maximum Gasteiger partial charge on any atom is 0.331 e. The average molecular weight is 1350 g/mol. The Hall–Kier alpha value is -7.68. The fourth-order valence-electron chi connectivity index (χ4n) is 11.6. The Labute approximate surface area is 588 Å². The zero-order valence-corrected chi connectivity index (χ0v) is 60.6. The van der Waals surface area contributed by atoms with Crippen LogP contribution in [0.5, 0.6) is 17.2 Å². The molecule has 0 spiro atoms. The van der Waals surface area contributed by atoms with E-state index >= 15 is 0 Å². The molecule has 3 fully saturated rings. The Bertz CT molecular complexity index is 2890.